The minimum absolute atomic E-state index is 0. The average molecular weight is 1060 g/mol. The number of hydrogen-bond donors (Lipinski definition) is 2. The van der Waals surface area contributed by atoms with Gasteiger partial charge in [0.05, 0.1) is 53.0 Å². The van der Waals surface area contributed by atoms with Crippen LogP contribution >= 0.6 is 105 Å². The lowest BCUT2D eigenvalue weighted by molar-refractivity contribution is 0.415. The molecule has 0 aliphatic heterocycles. The molecular formula is C40H36Cl6N12O4S3. The van der Waals surface area contributed by atoms with Crippen LogP contribution in [0.3, 0.4) is 0 Å². The summed E-state index contributed by atoms with van der Waals surface area (Å²) in [4.78, 5) is 24.0. The number of pyridine rings is 3. The monoisotopic (exact) mass is 1050 g/mol. The lowest BCUT2D eigenvalue weighted by atomic mass is 10.2. The van der Waals surface area contributed by atoms with Crippen LogP contribution in [0, 0.1) is 4.77 Å². The van der Waals surface area contributed by atoms with E-state index in [0.29, 0.717) is 89.4 Å². The second-order valence-corrected chi connectivity index (χ2v) is 17.5. The van der Waals surface area contributed by atoms with Crippen LogP contribution in [0.15, 0.2) is 98.7 Å². The van der Waals surface area contributed by atoms with Gasteiger partial charge in [0.2, 0.25) is 0 Å². The van der Waals surface area contributed by atoms with Crippen molar-refractivity contribution >= 4 is 138 Å². The molecule has 0 amide bonds. The third-order valence-corrected chi connectivity index (χ3v) is 12.9. The maximum Gasteiger partial charge on any atom is 0.197 e. The van der Waals surface area contributed by atoms with E-state index in [4.69, 9.17) is 96.0 Å². The van der Waals surface area contributed by atoms with Crippen LogP contribution in [0.25, 0.3) is 32.7 Å². The van der Waals surface area contributed by atoms with Gasteiger partial charge >= 0.3 is 0 Å². The standard InChI is InChI=1S/C13H10Cl2N4OS.C13H11ClN4O2S.C10H6Cl3NO.C3H5N3S.CH4/c1-19-6-16-18-13(19)21-10-5-8(14)7-3-4-9(20-2)11(15)12(7)17-10;1-18-6-15-17-13(18)21-10-5-8(19)7-3-4-9(20-2)11(14)12(7)16-10;1-15-7-3-2-5-6(11)4-8(12)14-10(5)9(7)13;1-6-2-4-5-3(6)7;/h3-6H,1-2H3;3-6H,1-2H3,(H,16,19);2-4H,1H3;2H,1H3,(H,5,7);1H4. The Balaban J connectivity index is 0.000000171. The molecule has 0 aliphatic rings. The second kappa shape index (κ2) is 23.1. The molecule has 3 aromatic carbocycles. The first-order valence-corrected chi connectivity index (χ1v) is 22.2. The summed E-state index contributed by atoms with van der Waals surface area (Å²) in [7, 11) is 10.2. The zero-order valence-corrected chi connectivity index (χ0v) is 41.0. The molecule has 9 rings (SSSR count). The van der Waals surface area contributed by atoms with Gasteiger partial charge in [0, 0.05) is 43.4 Å². The summed E-state index contributed by atoms with van der Waals surface area (Å²) in [6.45, 7) is 0. The number of benzene rings is 3. The molecule has 340 valence electrons. The van der Waals surface area contributed by atoms with Crippen molar-refractivity contribution in [2.45, 2.75) is 27.8 Å². The molecule has 0 fully saturated rings. The van der Waals surface area contributed by atoms with Gasteiger partial charge in [-0.05, 0) is 84.3 Å². The Kier molecular flexibility index (Phi) is 18.2. The largest absolute Gasteiger partial charge is 0.495 e. The number of aryl methyl sites for hydroxylation is 3. The zero-order chi connectivity index (χ0) is 46.2. The van der Waals surface area contributed by atoms with Crippen molar-refractivity contribution in [3.05, 3.63) is 119 Å². The molecule has 0 saturated heterocycles. The summed E-state index contributed by atoms with van der Waals surface area (Å²) in [6, 6.07) is 15.4. The molecule has 0 bridgehead atoms. The fourth-order valence-electron chi connectivity index (χ4n) is 5.39. The van der Waals surface area contributed by atoms with E-state index in [1.807, 2.05) is 27.2 Å². The Morgan fingerprint density at radius 1 is 0.631 bits per heavy atom. The van der Waals surface area contributed by atoms with Crippen molar-refractivity contribution in [3.63, 3.8) is 0 Å². The summed E-state index contributed by atoms with van der Waals surface area (Å²) in [6.07, 6.45) is 4.85. The van der Waals surface area contributed by atoms with E-state index in [1.54, 1.807) is 89.4 Å². The number of ether oxygens (including phenoxy) is 3. The summed E-state index contributed by atoms with van der Waals surface area (Å²) in [5.41, 5.74) is 1.59. The highest BCUT2D eigenvalue weighted by Crippen LogP contribution is 2.38. The Labute approximate surface area is 414 Å². The number of H-pyrrole nitrogens is 2. The van der Waals surface area contributed by atoms with Gasteiger partial charge in [0.15, 0.2) is 20.5 Å². The zero-order valence-electron chi connectivity index (χ0n) is 34.0. The third-order valence-electron chi connectivity index (χ3n) is 8.60. The minimum atomic E-state index is -0.113. The Morgan fingerprint density at radius 2 is 1.14 bits per heavy atom. The molecule has 0 unspecified atom stereocenters. The quantitative estimate of drug-likeness (QED) is 0.114. The van der Waals surface area contributed by atoms with Gasteiger partial charge in [-0.3, -0.25) is 9.89 Å². The molecule has 16 nitrogen and oxygen atoms in total. The van der Waals surface area contributed by atoms with Gasteiger partial charge < -0.3 is 32.9 Å². The molecular weight excluding hydrogens is 1020 g/mol. The molecule has 9 aromatic rings. The fourth-order valence-corrected chi connectivity index (χ4v) is 8.75. The molecule has 0 atom stereocenters. The van der Waals surface area contributed by atoms with Crippen molar-refractivity contribution in [3.8, 4) is 17.2 Å². The van der Waals surface area contributed by atoms with Crippen LogP contribution < -0.4 is 19.6 Å². The topological polar surface area (TPSA) is 181 Å². The molecule has 6 heterocycles. The van der Waals surface area contributed by atoms with Crippen LogP contribution in [0.5, 0.6) is 17.2 Å². The lowest BCUT2D eigenvalue weighted by Crippen LogP contribution is -2.03. The molecule has 0 spiro atoms. The van der Waals surface area contributed by atoms with E-state index in [9.17, 15) is 4.79 Å². The first-order valence-electron chi connectivity index (χ1n) is 17.9. The number of rotatable bonds is 7. The highest BCUT2D eigenvalue weighted by Gasteiger charge is 2.15. The Bertz CT molecular complexity index is 3240. The van der Waals surface area contributed by atoms with E-state index in [2.05, 4.69) is 45.5 Å². The van der Waals surface area contributed by atoms with Gasteiger partial charge in [-0.2, -0.15) is 5.10 Å². The van der Waals surface area contributed by atoms with Crippen LogP contribution in [0.1, 0.15) is 7.43 Å². The molecule has 0 radical (unpaired) electrons. The summed E-state index contributed by atoms with van der Waals surface area (Å²) >= 11 is 44.2. The van der Waals surface area contributed by atoms with Gasteiger partial charge in [-0.25, -0.2) is 9.97 Å². The Morgan fingerprint density at radius 3 is 1.62 bits per heavy atom. The van der Waals surface area contributed by atoms with Crippen molar-refractivity contribution in [2.24, 2.45) is 21.1 Å². The molecule has 0 aliphatic carbocycles. The maximum absolute atomic E-state index is 12.2. The fraction of sp³-hybridized carbons (Fsp3) is 0.175. The van der Waals surface area contributed by atoms with Gasteiger partial charge in [0.25, 0.3) is 0 Å². The van der Waals surface area contributed by atoms with E-state index in [0.717, 1.165) is 15.9 Å². The SMILES string of the molecule is C.COc1ccc2c(=O)cc(Sc3nncn3C)[nH]c2c1Cl.COc1ccc2c(Cl)cc(Cl)nc2c1Cl.COc1ccc2c(Cl)cc(Sc3nncn3C)nc2c1Cl.Cn1cn[nH]c1=S. The number of nitrogens with one attached hydrogen (secondary N) is 2. The van der Waals surface area contributed by atoms with E-state index in [-0.39, 0.29) is 12.9 Å². The molecule has 65 heavy (non-hydrogen) atoms. The first-order chi connectivity index (χ1) is 30.6. The summed E-state index contributed by atoms with van der Waals surface area (Å²) in [5, 5.41) is 29.3. The van der Waals surface area contributed by atoms with Crippen molar-refractivity contribution < 1.29 is 14.2 Å². The van der Waals surface area contributed by atoms with Gasteiger partial charge in [0.1, 0.15) is 61.5 Å². The molecule has 25 heteroatoms. The summed E-state index contributed by atoms with van der Waals surface area (Å²) in [5.74, 6) is 1.63. The van der Waals surface area contributed by atoms with Crippen molar-refractivity contribution in [2.75, 3.05) is 21.3 Å². The number of aromatic amines is 2. The average Bonchev–Trinajstić information content (AvgIpc) is 3.99. The minimum Gasteiger partial charge on any atom is -0.495 e. The first kappa shape index (κ1) is 51.2. The molecule has 2 N–H and O–H groups in total. The Hall–Kier alpha value is -4.83. The number of hydrogen-bond acceptors (Lipinski definition) is 14. The van der Waals surface area contributed by atoms with Crippen molar-refractivity contribution in [1.82, 2.24) is 59.2 Å². The van der Waals surface area contributed by atoms with Gasteiger partial charge in [-0.1, -0.05) is 77.0 Å². The number of nitrogens with zero attached hydrogens (tertiary/aromatic N) is 10. The summed E-state index contributed by atoms with van der Waals surface area (Å²) < 4.78 is 21.4. The maximum atomic E-state index is 12.2. The van der Waals surface area contributed by atoms with Crippen LogP contribution in [-0.2, 0) is 21.1 Å². The highest BCUT2D eigenvalue weighted by molar-refractivity contribution is 7.99. The van der Waals surface area contributed by atoms with Crippen LogP contribution in [0.4, 0.5) is 0 Å². The predicted octanol–water partition coefficient (Wildman–Crippen LogP) is 11.6. The van der Waals surface area contributed by atoms with Crippen molar-refractivity contribution in [1.29, 1.82) is 0 Å². The molecule has 6 aromatic heterocycles. The normalized spacial score (nSPS) is 10.6. The van der Waals surface area contributed by atoms with Gasteiger partial charge in [-0.15, -0.1) is 20.4 Å². The van der Waals surface area contributed by atoms with Crippen LogP contribution in [0.2, 0.25) is 30.3 Å². The third kappa shape index (κ3) is 12.1. The smallest absolute Gasteiger partial charge is 0.197 e. The number of halogens is 6. The predicted molar refractivity (Wildman–Crippen MR) is 263 cm³/mol. The van der Waals surface area contributed by atoms with E-state index < -0.39 is 0 Å². The van der Waals surface area contributed by atoms with E-state index in [1.165, 1.54) is 36.7 Å². The highest BCUT2D eigenvalue weighted by atomic mass is 35.5. The number of fused-ring (bicyclic) bond motifs is 3. The van der Waals surface area contributed by atoms with Crippen LogP contribution in [-0.4, -0.2) is 80.6 Å². The number of aromatic nitrogens is 12. The number of methoxy groups -OCH3 is 3. The molecule has 0 saturated carbocycles. The lowest BCUT2D eigenvalue weighted by Gasteiger charge is -2.09. The second-order valence-electron chi connectivity index (χ2n) is 12.8. The van der Waals surface area contributed by atoms with E-state index >= 15 is 0 Å².